The fraction of sp³-hybridized carbons (Fsp3) is 0.0833. The van der Waals surface area contributed by atoms with E-state index in [9.17, 15) is 4.79 Å². The van der Waals surface area contributed by atoms with Gasteiger partial charge in [-0.1, -0.05) is 48.5 Å². The average Bonchev–Trinajstić information content (AvgIpc) is 3.07. The molecule has 3 heterocycles. The van der Waals surface area contributed by atoms with Crippen LogP contribution < -0.4 is 5.32 Å². The Balaban J connectivity index is 1.61. The van der Waals surface area contributed by atoms with Gasteiger partial charge in [0, 0.05) is 18.0 Å². The molecule has 0 radical (unpaired) electrons. The van der Waals surface area contributed by atoms with Crippen LogP contribution in [0.2, 0.25) is 0 Å². The van der Waals surface area contributed by atoms with E-state index in [-0.39, 0.29) is 5.91 Å². The van der Waals surface area contributed by atoms with Crippen LogP contribution in [-0.4, -0.2) is 25.7 Å². The number of nitrogens with zero attached hydrogens (tertiary/aromatic N) is 4. The van der Waals surface area contributed by atoms with E-state index in [1.165, 1.54) is 0 Å². The minimum Gasteiger partial charge on any atom is -0.321 e. The maximum absolute atomic E-state index is 13.3. The van der Waals surface area contributed by atoms with E-state index in [2.05, 4.69) is 15.4 Å². The number of anilines is 1. The highest BCUT2D eigenvalue weighted by Gasteiger charge is 2.19. The first-order valence-electron chi connectivity index (χ1n) is 9.66. The smallest absolute Gasteiger partial charge is 0.256 e. The van der Waals surface area contributed by atoms with Crippen molar-refractivity contribution < 1.29 is 4.79 Å². The Hall–Kier alpha value is -4.06. The summed E-state index contributed by atoms with van der Waals surface area (Å²) in [4.78, 5) is 22.5. The van der Waals surface area contributed by atoms with Gasteiger partial charge >= 0.3 is 0 Å². The average molecular weight is 393 g/mol. The van der Waals surface area contributed by atoms with Crippen molar-refractivity contribution in [1.29, 1.82) is 0 Å². The van der Waals surface area contributed by atoms with E-state index in [1.807, 2.05) is 80.7 Å². The molecule has 3 aromatic heterocycles. The lowest BCUT2D eigenvalue weighted by atomic mass is 10.0. The molecule has 0 fully saturated rings. The summed E-state index contributed by atoms with van der Waals surface area (Å²) < 4.78 is 1.71. The van der Waals surface area contributed by atoms with Crippen LogP contribution in [-0.2, 0) is 7.05 Å². The molecule has 1 amide bonds. The second-order valence-electron chi connectivity index (χ2n) is 7.20. The molecule has 0 unspecified atom stereocenters. The first-order valence-corrected chi connectivity index (χ1v) is 9.66. The van der Waals surface area contributed by atoms with Crippen LogP contribution in [0.4, 0.5) is 5.69 Å². The van der Waals surface area contributed by atoms with Crippen molar-refractivity contribution in [1.82, 2.24) is 19.7 Å². The predicted molar refractivity (Wildman–Crippen MR) is 118 cm³/mol. The molecule has 6 heteroatoms. The molecule has 0 aliphatic rings. The number of carbonyl (C=O) groups is 1. The maximum Gasteiger partial charge on any atom is 0.256 e. The van der Waals surface area contributed by atoms with Crippen LogP contribution in [0.25, 0.3) is 33.2 Å². The zero-order chi connectivity index (χ0) is 20.7. The lowest BCUT2D eigenvalue weighted by Crippen LogP contribution is -2.13. The van der Waals surface area contributed by atoms with Gasteiger partial charge in [0.2, 0.25) is 0 Å². The lowest BCUT2D eigenvalue weighted by molar-refractivity contribution is 0.102. The van der Waals surface area contributed by atoms with Crippen molar-refractivity contribution in [3.63, 3.8) is 0 Å². The Morgan fingerprint density at radius 1 is 1.00 bits per heavy atom. The fourth-order valence-electron chi connectivity index (χ4n) is 3.72. The Kier molecular flexibility index (Phi) is 4.25. The fourth-order valence-corrected chi connectivity index (χ4v) is 3.72. The van der Waals surface area contributed by atoms with Crippen molar-refractivity contribution in [2.75, 3.05) is 5.32 Å². The summed E-state index contributed by atoms with van der Waals surface area (Å²) in [5.41, 5.74) is 5.19. The Morgan fingerprint density at radius 2 is 1.77 bits per heavy atom. The predicted octanol–water partition coefficient (Wildman–Crippen LogP) is 4.74. The highest BCUT2D eigenvalue weighted by atomic mass is 16.1. The van der Waals surface area contributed by atoms with Crippen molar-refractivity contribution >= 4 is 33.5 Å². The van der Waals surface area contributed by atoms with Gasteiger partial charge in [0.25, 0.3) is 5.91 Å². The summed E-state index contributed by atoms with van der Waals surface area (Å²) in [7, 11) is 1.84. The van der Waals surface area contributed by atoms with Crippen LogP contribution in [0, 0.1) is 6.92 Å². The van der Waals surface area contributed by atoms with Crippen molar-refractivity contribution in [3.8, 4) is 11.3 Å². The molecule has 0 saturated carbocycles. The summed E-state index contributed by atoms with van der Waals surface area (Å²) >= 11 is 0. The second-order valence-corrected chi connectivity index (χ2v) is 7.20. The molecule has 5 rings (SSSR count). The van der Waals surface area contributed by atoms with Crippen LogP contribution in [0.1, 0.15) is 16.1 Å². The summed E-state index contributed by atoms with van der Waals surface area (Å²) in [5.74, 6) is -0.215. The standard InChI is InChI=1S/C24H19N5O/c1-15-22-19(24(30)26-18-12-17-10-6-7-11-20(17)25-14-18)13-21(16-8-4-3-5-9-16)27-23(22)29(2)28-15/h3-14H,1-2H3,(H,26,30). The quantitative estimate of drug-likeness (QED) is 0.480. The number of amides is 1. The molecule has 30 heavy (non-hydrogen) atoms. The molecule has 2 aromatic carbocycles. The molecule has 0 aliphatic heterocycles. The van der Waals surface area contributed by atoms with Crippen LogP contribution >= 0.6 is 0 Å². The topological polar surface area (TPSA) is 72.7 Å². The summed E-state index contributed by atoms with van der Waals surface area (Å²) in [6.45, 7) is 1.89. The van der Waals surface area contributed by atoms with Gasteiger partial charge in [0.05, 0.1) is 39.7 Å². The minimum absolute atomic E-state index is 0.215. The number of pyridine rings is 2. The third-order valence-electron chi connectivity index (χ3n) is 5.13. The third-order valence-corrected chi connectivity index (χ3v) is 5.13. The number of hydrogen-bond donors (Lipinski definition) is 1. The molecule has 1 N–H and O–H groups in total. The molecule has 5 aromatic rings. The van der Waals surface area contributed by atoms with Gasteiger partial charge in [-0.25, -0.2) is 4.98 Å². The molecule has 0 saturated heterocycles. The van der Waals surface area contributed by atoms with E-state index in [1.54, 1.807) is 10.9 Å². The van der Waals surface area contributed by atoms with Crippen molar-refractivity contribution in [3.05, 3.63) is 84.2 Å². The number of aryl methyl sites for hydroxylation is 2. The van der Waals surface area contributed by atoms with Crippen molar-refractivity contribution in [2.24, 2.45) is 7.05 Å². The number of nitrogens with one attached hydrogen (secondary N) is 1. The van der Waals surface area contributed by atoms with Crippen LogP contribution in [0.15, 0.2) is 72.9 Å². The number of hydrogen-bond acceptors (Lipinski definition) is 4. The van der Waals surface area contributed by atoms with E-state index in [0.29, 0.717) is 16.9 Å². The first-order chi connectivity index (χ1) is 14.6. The van der Waals surface area contributed by atoms with Gasteiger partial charge in [-0.3, -0.25) is 14.5 Å². The number of para-hydroxylation sites is 1. The highest BCUT2D eigenvalue weighted by Crippen LogP contribution is 2.27. The number of rotatable bonds is 3. The Labute approximate surface area is 173 Å². The highest BCUT2D eigenvalue weighted by molar-refractivity contribution is 6.13. The van der Waals surface area contributed by atoms with Gasteiger partial charge in [-0.15, -0.1) is 0 Å². The Bertz CT molecular complexity index is 1410. The van der Waals surface area contributed by atoms with Crippen LogP contribution in [0.3, 0.4) is 0 Å². The number of benzene rings is 2. The molecule has 0 bridgehead atoms. The lowest BCUT2D eigenvalue weighted by Gasteiger charge is -2.10. The second kappa shape index (κ2) is 7.08. The number of aromatic nitrogens is 4. The SMILES string of the molecule is Cc1nn(C)c2nc(-c3ccccc3)cc(C(=O)Nc3cnc4ccccc4c3)c12. The van der Waals surface area contributed by atoms with Gasteiger partial charge < -0.3 is 5.32 Å². The minimum atomic E-state index is -0.215. The molecule has 0 atom stereocenters. The maximum atomic E-state index is 13.3. The van der Waals surface area contributed by atoms with Gasteiger partial charge in [0.1, 0.15) is 0 Å². The van der Waals surface area contributed by atoms with Crippen LogP contribution in [0.5, 0.6) is 0 Å². The molecule has 146 valence electrons. The van der Waals surface area contributed by atoms with Gasteiger partial charge in [-0.2, -0.15) is 5.10 Å². The monoisotopic (exact) mass is 393 g/mol. The third kappa shape index (κ3) is 3.08. The van der Waals surface area contributed by atoms with E-state index in [4.69, 9.17) is 4.98 Å². The van der Waals surface area contributed by atoms with E-state index >= 15 is 0 Å². The van der Waals surface area contributed by atoms with Gasteiger partial charge in [0.15, 0.2) is 5.65 Å². The summed E-state index contributed by atoms with van der Waals surface area (Å²) in [6, 6.07) is 21.4. The molecular weight excluding hydrogens is 374 g/mol. The summed E-state index contributed by atoms with van der Waals surface area (Å²) in [6.07, 6.45) is 1.67. The van der Waals surface area contributed by atoms with E-state index in [0.717, 1.165) is 33.2 Å². The molecule has 0 spiro atoms. The molecular formula is C24H19N5O. The first kappa shape index (κ1) is 18.0. The molecule has 6 nitrogen and oxygen atoms in total. The van der Waals surface area contributed by atoms with Crippen molar-refractivity contribution in [2.45, 2.75) is 6.92 Å². The van der Waals surface area contributed by atoms with Gasteiger partial charge in [-0.05, 0) is 25.1 Å². The normalized spacial score (nSPS) is 11.1. The zero-order valence-electron chi connectivity index (χ0n) is 16.6. The number of carbonyl (C=O) groups excluding carboxylic acids is 1. The van der Waals surface area contributed by atoms with E-state index < -0.39 is 0 Å². The zero-order valence-corrected chi connectivity index (χ0v) is 16.6. The largest absolute Gasteiger partial charge is 0.321 e. The number of fused-ring (bicyclic) bond motifs is 2. The summed E-state index contributed by atoms with van der Waals surface area (Å²) in [5, 5.41) is 9.19. The Morgan fingerprint density at radius 3 is 2.60 bits per heavy atom. The molecule has 0 aliphatic carbocycles.